The minimum absolute atomic E-state index is 0.0415. The molecule has 0 unspecified atom stereocenters. The smallest absolute Gasteiger partial charge is 0.410 e. The summed E-state index contributed by atoms with van der Waals surface area (Å²) >= 11 is 0. The SMILES string of the molecule is CCOc1nc(C(=O)N(CC(C)C)[C@H]2C[C@@H](C(=O)N3CCOCC3)CN(C(=O)OC(C)(C)C)C2)c(CCCCO)n1-c1ccccc1. The van der Waals surface area contributed by atoms with Crippen molar-refractivity contribution in [2.45, 2.75) is 78.9 Å². The van der Waals surface area contributed by atoms with Crippen molar-refractivity contribution in [1.82, 2.24) is 24.3 Å². The molecule has 0 bridgehead atoms. The molecule has 2 saturated heterocycles. The second kappa shape index (κ2) is 16.5. The highest BCUT2D eigenvalue weighted by atomic mass is 16.6. The summed E-state index contributed by atoms with van der Waals surface area (Å²) in [5.74, 6) is -0.724. The number of aliphatic hydroxyl groups is 1. The zero-order valence-corrected chi connectivity index (χ0v) is 28.9. The van der Waals surface area contributed by atoms with Crippen molar-refractivity contribution in [3.63, 3.8) is 0 Å². The van der Waals surface area contributed by atoms with Gasteiger partial charge < -0.3 is 34.0 Å². The van der Waals surface area contributed by atoms with E-state index in [1.54, 1.807) is 14.7 Å². The van der Waals surface area contributed by atoms with Crippen molar-refractivity contribution >= 4 is 17.9 Å². The van der Waals surface area contributed by atoms with E-state index in [9.17, 15) is 19.5 Å². The van der Waals surface area contributed by atoms with Crippen molar-refractivity contribution in [2.24, 2.45) is 11.8 Å². The van der Waals surface area contributed by atoms with E-state index in [4.69, 9.17) is 19.2 Å². The molecule has 2 aliphatic rings. The third kappa shape index (κ3) is 9.47. The van der Waals surface area contributed by atoms with Gasteiger partial charge in [0.15, 0.2) is 5.69 Å². The molecule has 1 aromatic heterocycles. The number of unbranched alkanes of at least 4 members (excludes halogenated alkanes) is 1. The largest absolute Gasteiger partial charge is 0.465 e. The first kappa shape index (κ1) is 36.2. The number of hydrogen-bond acceptors (Lipinski definition) is 8. The molecule has 0 saturated carbocycles. The standard InChI is InChI=1S/C35H53N5O7/c1-7-46-33-36-30(29(15-11-12-18-41)40(33)27-13-9-8-10-14-27)32(43)39(22-25(2)3)28-21-26(31(42)37-16-19-45-20-17-37)23-38(24-28)34(44)47-35(4,5)6/h8-10,13-14,25-26,28,41H,7,11-12,15-24H2,1-6H3/t26-,28+/m1/s1. The Morgan fingerprint density at radius 3 is 2.38 bits per heavy atom. The van der Waals surface area contributed by atoms with Gasteiger partial charge in [-0.3, -0.25) is 14.2 Å². The van der Waals surface area contributed by atoms with Crippen molar-refractivity contribution in [3.05, 3.63) is 41.7 Å². The fourth-order valence-corrected chi connectivity index (χ4v) is 6.23. The molecular formula is C35H53N5O7. The van der Waals surface area contributed by atoms with Gasteiger partial charge in [-0.2, -0.15) is 4.98 Å². The van der Waals surface area contributed by atoms with Gasteiger partial charge in [-0.1, -0.05) is 32.0 Å². The lowest BCUT2D eigenvalue weighted by atomic mass is 9.91. The van der Waals surface area contributed by atoms with Gasteiger partial charge in [0.25, 0.3) is 5.91 Å². The van der Waals surface area contributed by atoms with Gasteiger partial charge in [0.2, 0.25) is 5.91 Å². The second-order valence-electron chi connectivity index (χ2n) is 13.7. The van der Waals surface area contributed by atoms with Crippen molar-refractivity contribution in [1.29, 1.82) is 0 Å². The quantitative estimate of drug-likeness (QED) is 0.338. The van der Waals surface area contributed by atoms with Gasteiger partial charge in [-0.15, -0.1) is 0 Å². The molecular weight excluding hydrogens is 602 g/mol. The maximum absolute atomic E-state index is 14.8. The first-order valence-electron chi connectivity index (χ1n) is 17.0. The van der Waals surface area contributed by atoms with Crippen LogP contribution in [0.1, 0.15) is 77.0 Å². The molecule has 4 rings (SSSR count). The third-order valence-corrected chi connectivity index (χ3v) is 8.27. The van der Waals surface area contributed by atoms with E-state index in [1.165, 1.54) is 0 Å². The fraction of sp³-hybridized carbons (Fsp3) is 0.657. The van der Waals surface area contributed by atoms with Crippen molar-refractivity contribution in [2.75, 3.05) is 59.2 Å². The predicted molar refractivity (Wildman–Crippen MR) is 178 cm³/mol. The highest BCUT2D eigenvalue weighted by Crippen LogP contribution is 2.31. The average molecular weight is 656 g/mol. The molecule has 2 aliphatic heterocycles. The van der Waals surface area contributed by atoms with Crippen LogP contribution in [-0.2, 0) is 20.7 Å². The Morgan fingerprint density at radius 1 is 1.06 bits per heavy atom. The molecule has 2 aromatic rings. The van der Waals surface area contributed by atoms with Crippen LogP contribution in [0, 0.1) is 11.8 Å². The van der Waals surface area contributed by atoms with Crippen LogP contribution in [0.3, 0.4) is 0 Å². The third-order valence-electron chi connectivity index (χ3n) is 8.27. The summed E-state index contributed by atoms with van der Waals surface area (Å²) < 4.78 is 19.1. The Kier molecular flexibility index (Phi) is 12.7. The number of nitrogens with zero attached hydrogens (tertiary/aromatic N) is 5. The van der Waals surface area contributed by atoms with Crippen molar-refractivity contribution in [3.8, 4) is 11.7 Å². The van der Waals surface area contributed by atoms with E-state index in [0.29, 0.717) is 76.8 Å². The number of aromatic nitrogens is 2. The van der Waals surface area contributed by atoms with E-state index in [2.05, 4.69) is 0 Å². The molecule has 0 radical (unpaired) electrons. The summed E-state index contributed by atoms with van der Waals surface area (Å²) in [6.45, 7) is 14.6. The van der Waals surface area contributed by atoms with Crippen LogP contribution in [0.2, 0.25) is 0 Å². The minimum atomic E-state index is -0.718. The molecule has 3 heterocycles. The van der Waals surface area contributed by atoms with Crippen LogP contribution >= 0.6 is 0 Å². The number of morpholine rings is 1. The number of imidazole rings is 1. The van der Waals surface area contributed by atoms with E-state index in [-0.39, 0.29) is 43.1 Å². The number of likely N-dealkylation sites (tertiary alicyclic amines) is 1. The number of hydrogen-bond donors (Lipinski definition) is 1. The first-order chi connectivity index (χ1) is 22.4. The lowest BCUT2D eigenvalue weighted by Crippen LogP contribution is -2.58. The van der Waals surface area contributed by atoms with Gasteiger partial charge in [0, 0.05) is 39.3 Å². The Labute approximate surface area is 279 Å². The Hall–Kier alpha value is -3.64. The molecule has 3 amide bonds. The lowest BCUT2D eigenvalue weighted by molar-refractivity contribution is -0.142. The lowest BCUT2D eigenvalue weighted by Gasteiger charge is -2.44. The van der Waals surface area contributed by atoms with Crippen molar-refractivity contribution < 1.29 is 33.7 Å². The number of carbonyl (C=O) groups excluding carboxylic acids is 3. The number of piperidine rings is 1. The molecule has 12 heteroatoms. The zero-order chi connectivity index (χ0) is 34.1. The predicted octanol–water partition coefficient (Wildman–Crippen LogP) is 4.17. The van der Waals surface area contributed by atoms with Crippen LogP contribution in [0.5, 0.6) is 6.01 Å². The molecule has 12 nitrogen and oxygen atoms in total. The summed E-state index contributed by atoms with van der Waals surface area (Å²) in [6.07, 6.45) is 1.63. The molecule has 1 N–H and O–H groups in total. The minimum Gasteiger partial charge on any atom is -0.465 e. The number of para-hydroxylation sites is 1. The number of aliphatic hydroxyl groups excluding tert-OH is 1. The summed E-state index contributed by atoms with van der Waals surface area (Å²) in [7, 11) is 0. The summed E-state index contributed by atoms with van der Waals surface area (Å²) in [5, 5.41) is 9.56. The van der Waals surface area contributed by atoms with E-state index in [1.807, 2.05) is 76.4 Å². The van der Waals surface area contributed by atoms with E-state index >= 15 is 0 Å². The molecule has 47 heavy (non-hydrogen) atoms. The number of benzene rings is 1. The number of rotatable bonds is 12. The highest BCUT2D eigenvalue weighted by Gasteiger charge is 2.42. The van der Waals surface area contributed by atoms with Gasteiger partial charge >= 0.3 is 12.1 Å². The Bertz CT molecular complexity index is 1330. The maximum atomic E-state index is 14.8. The second-order valence-corrected chi connectivity index (χ2v) is 13.7. The molecule has 260 valence electrons. The molecule has 0 aliphatic carbocycles. The van der Waals surface area contributed by atoms with Crippen LogP contribution in [-0.4, -0.2) is 118 Å². The number of amides is 3. The summed E-state index contributed by atoms with van der Waals surface area (Å²) in [5.41, 5.74) is 1.08. The highest BCUT2D eigenvalue weighted by molar-refractivity contribution is 5.94. The maximum Gasteiger partial charge on any atom is 0.410 e. The average Bonchev–Trinajstić information content (AvgIpc) is 3.40. The van der Waals surface area contributed by atoms with Crippen LogP contribution < -0.4 is 4.74 Å². The Balaban J connectivity index is 1.76. The zero-order valence-electron chi connectivity index (χ0n) is 28.9. The molecule has 2 fully saturated rings. The summed E-state index contributed by atoms with van der Waals surface area (Å²) in [6, 6.07) is 9.54. The van der Waals surface area contributed by atoms with Gasteiger partial charge in [-0.05, 0) is 71.4 Å². The van der Waals surface area contributed by atoms with Gasteiger partial charge in [0.05, 0.1) is 43.2 Å². The fourth-order valence-electron chi connectivity index (χ4n) is 6.23. The van der Waals surface area contributed by atoms with Gasteiger partial charge in [-0.25, -0.2) is 4.79 Å². The topological polar surface area (TPSA) is 127 Å². The monoisotopic (exact) mass is 655 g/mol. The van der Waals surface area contributed by atoms with E-state index < -0.39 is 23.7 Å². The normalized spacial score (nSPS) is 18.7. The van der Waals surface area contributed by atoms with Crippen LogP contribution in [0.15, 0.2) is 30.3 Å². The molecule has 2 atom stereocenters. The summed E-state index contributed by atoms with van der Waals surface area (Å²) in [4.78, 5) is 52.1. The van der Waals surface area contributed by atoms with E-state index in [0.717, 1.165) is 5.69 Å². The molecule has 1 aromatic carbocycles. The first-order valence-corrected chi connectivity index (χ1v) is 17.0. The number of ether oxygens (including phenoxy) is 3. The number of carbonyl (C=O) groups is 3. The van der Waals surface area contributed by atoms with Gasteiger partial charge in [0.1, 0.15) is 5.60 Å². The van der Waals surface area contributed by atoms with Crippen LogP contribution in [0.4, 0.5) is 4.79 Å². The molecule has 0 spiro atoms. The van der Waals surface area contributed by atoms with Crippen LogP contribution in [0.25, 0.3) is 5.69 Å². The Morgan fingerprint density at radius 2 is 1.77 bits per heavy atom.